The van der Waals surface area contributed by atoms with Crippen LogP contribution in [0.2, 0.25) is 5.02 Å². The standard InChI is InChI=1S/C15H21BClO4/c1-7-15(4,14(2,3)18)21-16-13-11(17)8-10(19-5)9-12(13)20-6/h7-9,18H,1H2,2-6H3. The predicted molar refractivity (Wildman–Crippen MR) is 85.9 cm³/mol. The molecule has 0 amide bonds. The van der Waals surface area contributed by atoms with Gasteiger partial charge in [-0.2, -0.15) is 0 Å². The zero-order chi connectivity index (χ0) is 16.3. The monoisotopic (exact) mass is 311 g/mol. The summed E-state index contributed by atoms with van der Waals surface area (Å²) in [6, 6.07) is 3.37. The highest BCUT2D eigenvalue weighted by Gasteiger charge is 2.38. The smallest absolute Gasteiger partial charge is 0.336 e. The first-order valence-corrected chi connectivity index (χ1v) is 6.85. The third kappa shape index (κ3) is 3.93. The predicted octanol–water partition coefficient (Wildman–Crippen LogP) is 2.33. The van der Waals surface area contributed by atoms with Gasteiger partial charge in [-0.15, -0.1) is 6.58 Å². The van der Waals surface area contributed by atoms with Gasteiger partial charge in [0, 0.05) is 16.6 Å². The van der Waals surface area contributed by atoms with E-state index in [1.54, 1.807) is 46.1 Å². The van der Waals surface area contributed by atoms with E-state index in [-0.39, 0.29) is 0 Å². The van der Waals surface area contributed by atoms with Gasteiger partial charge < -0.3 is 19.2 Å². The maximum Gasteiger partial charge on any atom is 0.336 e. The first-order valence-electron chi connectivity index (χ1n) is 6.47. The van der Waals surface area contributed by atoms with E-state index in [1.807, 2.05) is 0 Å². The molecule has 1 aromatic carbocycles. The first-order chi connectivity index (χ1) is 9.68. The second-order valence-electron chi connectivity index (χ2n) is 5.33. The highest BCUT2D eigenvalue weighted by atomic mass is 35.5. The van der Waals surface area contributed by atoms with Crippen molar-refractivity contribution in [2.24, 2.45) is 0 Å². The molecule has 1 N–H and O–H groups in total. The highest BCUT2D eigenvalue weighted by Crippen LogP contribution is 2.28. The summed E-state index contributed by atoms with van der Waals surface area (Å²) in [5.41, 5.74) is -1.52. The minimum absolute atomic E-state index is 0.424. The number of hydrogen-bond acceptors (Lipinski definition) is 4. The van der Waals surface area contributed by atoms with Crippen LogP contribution in [0.4, 0.5) is 0 Å². The Labute approximate surface area is 131 Å². The average Bonchev–Trinajstić information content (AvgIpc) is 2.43. The number of aliphatic hydroxyl groups is 1. The lowest BCUT2D eigenvalue weighted by Gasteiger charge is -2.38. The van der Waals surface area contributed by atoms with Crippen molar-refractivity contribution in [3.63, 3.8) is 0 Å². The molecule has 0 fully saturated rings. The lowest BCUT2D eigenvalue weighted by Crippen LogP contribution is -2.50. The van der Waals surface area contributed by atoms with Gasteiger partial charge in [0.2, 0.25) is 0 Å². The van der Waals surface area contributed by atoms with Gasteiger partial charge in [0.25, 0.3) is 0 Å². The van der Waals surface area contributed by atoms with Crippen LogP contribution in [0.3, 0.4) is 0 Å². The zero-order valence-corrected chi connectivity index (χ0v) is 13.8. The van der Waals surface area contributed by atoms with Gasteiger partial charge in [-0.25, -0.2) is 0 Å². The Kier molecular flexibility index (Phi) is 5.73. The van der Waals surface area contributed by atoms with Crippen LogP contribution in [-0.4, -0.2) is 38.0 Å². The third-order valence-electron chi connectivity index (χ3n) is 3.55. The summed E-state index contributed by atoms with van der Waals surface area (Å²) in [5, 5.41) is 10.6. The fourth-order valence-electron chi connectivity index (χ4n) is 1.59. The van der Waals surface area contributed by atoms with Crippen molar-refractivity contribution in [2.45, 2.75) is 32.0 Å². The van der Waals surface area contributed by atoms with Gasteiger partial charge in [0.05, 0.1) is 25.4 Å². The molecule has 1 radical (unpaired) electrons. The van der Waals surface area contributed by atoms with Crippen LogP contribution in [0, 0.1) is 0 Å². The van der Waals surface area contributed by atoms with Gasteiger partial charge in [0.1, 0.15) is 11.5 Å². The van der Waals surface area contributed by atoms with Crippen molar-refractivity contribution in [1.82, 2.24) is 0 Å². The second kappa shape index (κ2) is 6.73. The Hall–Kier alpha value is -1.17. The summed E-state index contributed by atoms with van der Waals surface area (Å²) in [6.07, 6.45) is 1.55. The summed E-state index contributed by atoms with van der Waals surface area (Å²) < 4.78 is 16.2. The second-order valence-corrected chi connectivity index (χ2v) is 5.74. The number of halogens is 1. The minimum Gasteiger partial charge on any atom is -0.497 e. The SMILES string of the molecule is C=CC(C)(O[B]c1c(Cl)cc(OC)cc1OC)C(C)(C)O. The molecular weight excluding hydrogens is 290 g/mol. The molecular formula is C15H21BClO4. The van der Waals surface area contributed by atoms with Crippen molar-refractivity contribution in [3.8, 4) is 11.5 Å². The van der Waals surface area contributed by atoms with Crippen LogP contribution in [-0.2, 0) is 4.65 Å². The fraction of sp³-hybridized carbons (Fsp3) is 0.467. The highest BCUT2D eigenvalue weighted by molar-refractivity contribution is 6.55. The molecule has 0 spiro atoms. The summed E-state index contributed by atoms with van der Waals surface area (Å²) in [6.45, 7) is 8.75. The molecule has 1 aromatic rings. The van der Waals surface area contributed by atoms with Gasteiger partial charge in [0.15, 0.2) is 0 Å². The minimum atomic E-state index is -1.11. The Morgan fingerprint density at radius 1 is 1.24 bits per heavy atom. The van der Waals surface area contributed by atoms with E-state index in [9.17, 15) is 5.11 Å². The Balaban J connectivity index is 3.06. The van der Waals surface area contributed by atoms with E-state index in [1.165, 1.54) is 14.6 Å². The summed E-state index contributed by atoms with van der Waals surface area (Å²) >= 11 is 6.22. The molecule has 21 heavy (non-hydrogen) atoms. The molecule has 0 aromatic heterocycles. The van der Waals surface area contributed by atoms with Crippen molar-refractivity contribution in [1.29, 1.82) is 0 Å². The van der Waals surface area contributed by atoms with Gasteiger partial charge in [-0.3, -0.25) is 0 Å². The van der Waals surface area contributed by atoms with Crippen LogP contribution < -0.4 is 14.9 Å². The molecule has 115 valence electrons. The Bertz CT molecular complexity index is 513. The molecule has 0 saturated heterocycles. The molecule has 0 heterocycles. The summed E-state index contributed by atoms with van der Waals surface area (Å²) in [7, 11) is 4.54. The normalized spacial score (nSPS) is 14.2. The maximum absolute atomic E-state index is 10.2. The van der Waals surface area contributed by atoms with Crippen LogP contribution in [0.1, 0.15) is 20.8 Å². The van der Waals surface area contributed by atoms with Crippen molar-refractivity contribution in [2.75, 3.05) is 14.2 Å². The summed E-state index contributed by atoms with van der Waals surface area (Å²) in [4.78, 5) is 0. The zero-order valence-electron chi connectivity index (χ0n) is 13.1. The summed E-state index contributed by atoms with van der Waals surface area (Å²) in [5.74, 6) is 1.10. The van der Waals surface area contributed by atoms with E-state index >= 15 is 0 Å². The van der Waals surface area contributed by atoms with E-state index in [0.717, 1.165) is 0 Å². The van der Waals surface area contributed by atoms with Crippen molar-refractivity contribution >= 4 is 24.5 Å². The molecule has 0 aliphatic carbocycles. The largest absolute Gasteiger partial charge is 0.497 e. The number of hydrogen-bond donors (Lipinski definition) is 1. The Morgan fingerprint density at radius 2 is 1.86 bits per heavy atom. The van der Waals surface area contributed by atoms with Crippen LogP contribution >= 0.6 is 11.6 Å². The van der Waals surface area contributed by atoms with Gasteiger partial charge in [-0.1, -0.05) is 17.7 Å². The molecule has 0 saturated carbocycles. The lowest BCUT2D eigenvalue weighted by atomic mass is 9.81. The first kappa shape index (κ1) is 17.9. The molecule has 1 atom stereocenters. The van der Waals surface area contributed by atoms with E-state index in [0.29, 0.717) is 22.0 Å². The van der Waals surface area contributed by atoms with E-state index in [2.05, 4.69) is 6.58 Å². The quantitative estimate of drug-likeness (QED) is 0.620. The van der Waals surface area contributed by atoms with E-state index < -0.39 is 11.2 Å². The van der Waals surface area contributed by atoms with Gasteiger partial charge in [-0.05, 0) is 26.8 Å². The maximum atomic E-state index is 10.2. The van der Waals surface area contributed by atoms with E-state index in [4.69, 9.17) is 25.7 Å². The fourth-order valence-corrected chi connectivity index (χ4v) is 1.84. The van der Waals surface area contributed by atoms with Crippen molar-refractivity contribution < 1.29 is 19.2 Å². The van der Waals surface area contributed by atoms with Gasteiger partial charge >= 0.3 is 7.48 Å². The average molecular weight is 312 g/mol. The third-order valence-corrected chi connectivity index (χ3v) is 3.86. The van der Waals surface area contributed by atoms with Crippen LogP contribution in [0.5, 0.6) is 11.5 Å². The lowest BCUT2D eigenvalue weighted by molar-refractivity contribution is -0.0707. The van der Waals surface area contributed by atoms with Crippen LogP contribution in [0.15, 0.2) is 24.8 Å². The Morgan fingerprint density at radius 3 is 2.29 bits per heavy atom. The van der Waals surface area contributed by atoms with Crippen LogP contribution in [0.25, 0.3) is 0 Å². The molecule has 1 rings (SSSR count). The molecule has 0 aliphatic rings. The number of rotatable bonds is 7. The molecule has 0 aliphatic heterocycles. The molecule has 4 nitrogen and oxygen atoms in total. The number of ether oxygens (including phenoxy) is 2. The molecule has 0 bridgehead atoms. The molecule has 6 heteroatoms. The van der Waals surface area contributed by atoms with Crippen molar-refractivity contribution in [3.05, 3.63) is 29.8 Å². The molecule has 1 unspecified atom stereocenters. The topological polar surface area (TPSA) is 47.9 Å². The number of benzene rings is 1. The number of methoxy groups -OCH3 is 2.